The summed E-state index contributed by atoms with van der Waals surface area (Å²) in [6, 6.07) is 10.0. The molecule has 1 aromatic carbocycles. The number of hydrogen-bond donors (Lipinski definition) is 3. The van der Waals surface area contributed by atoms with Gasteiger partial charge in [0.2, 0.25) is 0 Å². The van der Waals surface area contributed by atoms with E-state index in [0.29, 0.717) is 13.0 Å². The lowest BCUT2D eigenvalue weighted by molar-refractivity contribution is 0.442. The predicted molar refractivity (Wildman–Crippen MR) is 84.9 cm³/mol. The Morgan fingerprint density at radius 1 is 1.30 bits per heavy atom. The Morgan fingerprint density at radius 2 is 1.95 bits per heavy atom. The van der Waals surface area contributed by atoms with Gasteiger partial charge in [-0.1, -0.05) is 36.9 Å². The van der Waals surface area contributed by atoms with E-state index in [0.717, 1.165) is 23.5 Å². The number of hydrogen-bond acceptors (Lipinski definition) is 3. The van der Waals surface area contributed by atoms with Crippen molar-refractivity contribution in [2.24, 2.45) is 22.2 Å². The molecule has 20 heavy (non-hydrogen) atoms. The first-order valence-electron chi connectivity index (χ1n) is 6.47. The quantitative estimate of drug-likeness (QED) is 0.389. The van der Waals surface area contributed by atoms with Gasteiger partial charge < -0.3 is 22.1 Å². The monoisotopic (exact) mass is 273 g/mol. The van der Waals surface area contributed by atoms with Crippen LogP contribution in [0.4, 0.5) is 0 Å². The van der Waals surface area contributed by atoms with Gasteiger partial charge >= 0.3 is 0 Å². The van der Waals surface area contributed by atoms with E-state index in [1.807, 2.05) is 48.4 Å². The first-order chi connectivity index (χ1) is 9.52. The molecule has 5 heteroatoms. The number of rotatable bonds is 7. The lowest BCUT2D eigenvalue weighted by atomic mass is 10.1. The molecule has 1 rings (SSSR count). The highest BCUT2D eigenvalue weighted by atomic mass is 15.1. The third kappa shape index (κ3) is 5.58. The number of nitrogens with zero attached hydrogens (tertiary/aromatic N) is 2. The van der Waals surface area contributed by atoms with Crippen LogP contribution in [0.3, 0.4) is 0 Å². The van der Waals surface area contributed by atoms with Gasteiger partial charge in [0.05, 0.1) is 5.70 Å². The molecule has 0 heterocycles. The average Bonchev–Trinajstić information content (AvgIpc) is 2.39. The molecule has 0 aliphatic carbocycles. The maximum Gasteiger partial charge on any atom is 0.190 e. The number of nitrogens with two attached hydrogens (primary N) is 3. The van der Waals surface area contributed by atoms with Crippen molar-refractivity contribution in [2.45, 2.75) is 6.42 Å². The topological polar surface area (TPSA) is 93.7 Å². The largest absolute Gasteiger partial charge is 0.374 e. The van der Waals surface area contributed by atoms with Crippen molar-refractivity contribution in [3.05, 3.63) is 59.9 Å². The number of benzene rings is 1. The molecule has 1 aromatic rings. The summed E-state index contributed by atoms with van der Waals surface area (Å²) in [7, 11) is 1.93. The molecule has 5 nitrogen and oxygen atoms in total. The normalized spacial score (nSPS) is 11.0. The van der Waals surface area contributed by atoms with Gasteiger partial charge in [0.15, 0.2) is 5.96 Å². The van der Waals surface area contributed by atoms with Crippen LogP contribution in [0.2, 0.25) is 0 Å². The summed E-state index contributed by atoms with van der Waals surface area (Å²) in [5.74, 6) is 0.0430. The maximum atomic E-state index is 5.53. The van der Waals surface area contributed by atoms with Crippen molar-refractivity contribution in [1.82, 2.24) is 4.90 Å². The maximum absolute atomic E-state index is 5.53. The van der Waals surface area contributed by atoms with Crippen molar-refractivity contribution in [1.29, 1.82) is 0 Å². The number of guanidine groups is 1. The minimum Gasteiger partial charge on any atom is -0.374 e. The van der Waals surface area contributed by atoms with Gasteiger partial charge in [-0.25, -0.2) is 4.99 Å². The molecule has 0 fully saturated rings. The Hall–Kier alpha value is -2.27. The van der Waals surface area contributed by atoms with Crippen LogP contribution in [0.5, 0.6) is 0 Å². The molecule has 0 saturated heterocycles. The molecule has 0 atom stereocenters. The molecule has 0 radical (unpaired) electrons. The van der Waals surface area contributed by atoms with E-state index in [1.165, 1.54) is 0 Å². The van der Waals surface area contributed by atoms with Gasteiger partial charge in [0, 0.05) is 32.3 Å². The highest BCUT2D eigenvalue weighted by Gasteiger charge is 2.03. The van der Waals surface area contributed by atoms with Crippen molar-refractivity contribution < 1.29 is 0 Å². The van der Waals surface area contributed by atoms with Gasteiger partial charge in [-0.3, -0.25) is 0 Å². The molecule has 0 amide bonds. The fourth-order valence-electron chi connectivity index (χ4n) is 1.73. The fourth-order valence-corrected chi connectivity index (χ4v) is 1.73. The zero-order valence-corrected chi connectivity index (χ0v) is 11.9. The molecule has 6 N–H and O–H groups in total. The molecule has 0 unspecified atom stereocenters. The van der Waals surface area contributed by atoms with Gasteiger partial charge in [-0.05, 0) is 11.6 Å². The van der Waals surface area contributed by atoms with Gasteiger partial charge in [-0.15, -0.1) is 0 Å². The smallest absolute Gasteiger partial charge is 0.190 e. The van der Waals surface area contributed by atoms with E-state index in [2.05, 4.69) is 11.6 Å². The SMILES string of the molecule is C=C(/C=C(/Cc1ccccc1)N=C(N)N)N(C)CCN. The Bertz CT molecular complexity index is 486. The van der Waals surface area contributed by atoms with Crippen molar-refractivity contribution in [3.8, 4) is 0 Å². The van der Waals surface area contributed by atoms with Crippen LogP contribution < -0.4 is 17.2 Å². The molecular weight excluding hydrogens is 250 g/mol. The van der Waals surface area contributed by atoms with E-state index in [9.17, 15) is 0 Å². The Morgan fingerprint density at radius 3 is 2.50 bits per heavy atom. The highest BCUT2D eigenvalue weighted by Crippen LogP contribution is 2.12. The van der Waals surface area contributed by atoms with Crippen LogP contribution in [0, 0.1) is 0 Å². The molecule has 0 aliphatic rings. The fraction of sp³-hybridized carbons (Fsp3) is 0.267. The van der Waals surface area contributed by atoms with Crippen LogP contribution in [-0.2, 0) is 6.42 Å². The molecule has 0 spiro atoms. The van der Waals surface area contributed by atoms with E-state index in [4.69, 9.17) is 17.2 Å². The summed E-state index contributed by atoms with van der Waals surface area (Å²) in [6.07, 6.45) is 2.52. The third-order valence-corrected chi connectivity index (χ3v) is 2.79. The molecule has 0 bridgehead atoms. The summed E-state index contributed by atoms with van der Waals surface area (Å²) >= 11 is 0. The zero-order chi connectivity index (χ0) is 15.0. The third-order valence-electron chi connectivity index (χ3n) is 2.79. The van der Waals surface area contributed by atoms with Gasteiger partial charge in [0.25, 0.3) is 0 Å². The van der Waals surface area contributed by atoms with E-state index in [1.54, 1.807) is 0 Å². The Labute approximate surface area is 120 Å². The van der Waals surface area contributed by atoms with Gasteiger partial charge in [-0.2, -0.15) is 0 Å². The van der Waals surface area contributed by atoms with E-state index in [-0.39, 0.29) is 5.96 Å². The summed E-state index contributed by atoms with van der Waals surface area (Å²) in [5.41, 5.74) is 19.2. The van der Waals surface area contributed by atoms with Crippen LogP contribution in [0.1, 0.15) is 5.56 Å². The molecular formula is C15H23N5. The first-order valence-corrected chi connectivity index (χ1v) is 6.47. The van der Waals surface area contributed by atoms with Crippen molar-refractivity contribution >= 4 is 5.96 Å². The Balaban J connectivity index is 2.89. The minimum absolute atomic E-state index is 0.0430. The van der Waals surface area contributed by atoms with Crippen molar-refractivity contribution in [3.63, 3.8) is 0 Å². The first kappa shape index (κ1) is 15.8. The molecule has 0 aromatic heterocycles. The standard InChI is InChI=1S/C15H23N5/c1-12(20(2)9-8-16)10-14(19-15(17)18)11-13-6-4-3-5-7-13/h3-7,10H,1,8-9,11,16H2,2H3,(H4,17,18,19)/b14-10-. The number of likely N-dealkylation sites (N-methyl/N-ethyl adjacent to an activating group) is 1. The van der Waals surface area contributed by atoms with Crippen LogP contribution in [0.15, 0.2) is 59.4 Å². The molecule has 0 aliphatic heterocycles. The second kappa shape index (κ2) is 8.01. The van der Waals surface area contributed by atoms with E-state index >= 15 is 0 Å². The summed E-state index contributed by atoms with van der Waals surface area (Å²) in [6.45, 7) is 5.31. The van der Waals surface area contributed by atoms with Crippen LogP contribution in [0.25, 0.3) is 0 Å². The lowest BCUT2D eigenvalue weighted by Gasteiger charge is -2.18. The number of aliphatic imine (C=N–C) groups is 1. The summed E-state index contributed by atoms with van der Waals surface area (Å²) in [5, 5.41) is 0. The van der Waals surface area contributed by atoms with Crippen LogP contribution in [-0.4, -0.2) is 31.0 Å². The summed E-state index contributed by atoms with van der Waals surface area (Å²) < 4.78 is 0. The summed E-state index contributed by atoms with van der Waals surface area (Å²) in [4.78, 5) is 6.13. The lowest BCUT2D eigenvalue weighted by Crippen LogP contribution is -2.24. The number of allylic oxidation sites excluding steroid dienone is 2. The van der Waals surface area contributed by atoms with Gasteiger partial charge in [0.1, 0.15) is 0 Å². The predicted octanol–water partition coefficient (Wildman–Crippen LogP) is 0.791. The average molecular weight is 273 g/mol. The van der Waals surface area contributed by atoms with Crippen molar-refractivity contribution in [2.75, 3.05) is 20.1 Å². The zero-order valence-electron chi connectivity index (χ0n) is 11.9. The molecule has 0 saturated carbocycles. The Kier molecular flexibility index (Phi) is 6.32. The second-order valence-corrected chi connectivity index (χ2v) is 4.54. The minimum atomic E-state index is 0.0430. The highest BCUT2D eigenvalue weighted by molar-refractivity contribution is 5.77. The molecule has 108 valence electrons. The van der Waals surface area contributed by atoms with E-state index < -0.39 is 0 Å². The second-order valence-electron chi connectivity index (χ2n) is 4.54. The van der Waals surface area contributed by atoms with Crippen LogP contribution >= 0.6 is 0 Å².